The van der Waals surface area contributed by atoms with Crippen molar-refractivity contribution in [3.05, 3.63) is 0 Å². The van der Waals surface area contributed by atoms with E-state index in [0.717, 1.165) is 38.8 Å². The van der Waals surface area contributed by atoms with Crippen LogP contribution in [0.25, 0.3) is 0 Å². The second-order valence-electron chi connectivity index (χ2n) is 4.85. The van der Waals surface area contributed by atoms with E-state index in [4.69, 9.17) is 5.26 Å². The van der Waals surface area contributed by atoms with E-state index in [2.05, 4.69) is 11.0 Å². The number of hydrogen-bond donors (Lipinski definition) is 1. The van der Waals surface area contributed by atoms with Gasteiger partial charge in [0.1, 0.15) is 0 Å². The van der Waals surface area contributed by atoms with Gasteiger partial charge in [-0.3, -0.25) is 4.90 Å². The molecule has 0 aromatic rings. The molecule has 0 amide bonds. The van der Waals surface area contributed by atoms with Crippen LogP contribution in [0.2, 0.25) is 0 Å². The number of rotatable bonds is 1. The number of piperidine rings is 1. The maximum atomic E-state index is 9.94. The topological polar surface area (TPSA) is 47.3 Å². The van der Waals surface area contributed by atoms with Crippen LogP contribution in [0, 0.1) is 17.2 Å². The molecule has 1 N–H and O–H groups in total. The van der Waals surface area contributed by atoms with E-state index >= 15 is 0 Å². The quantitative estimate of drug-likeness (QED) is 0.681. The first-order chi connectivity index (χ1) is 6.63. The van der Waals surface area contributed by atoms with Crippen LogP contribution in [0.5, 0.6) is 0 Å². The highest BCUT2D eigenvalue weighted by molar-refractivity contribution is 5.01. The molecule has 0 bridgehead atoms. The minimum atomic E-state index is -0.473. The van der Waals surface area contributed by atoms with Gasteiger partial charge in [0, 0.05) is 12.0 Å². The second kappa shape index (κ2) is 3.52. The third kappa shape index (κ3) is 1.65. The van der Waals surface area contributed by atoms with Gasteiger partial charge in [0.15, 0.2) is 0 Å². The number of aliphatic hydroxyl groups is 1. The minimum Gasteiger partial charge on any atom is -0.389 e. The Morgan fingerprint density at radius 2 is 2.00 bits per heavy atom. The van der Waals surface area contributed by atoms with Crippen molar-refractivity contribution >= 4 is 0 Å². The predicted molar refractivity (Wildman–Crippen MR) is 53.6 cm³/mol. The standard InChI is InChI=1S/C11H18N2O/c1-11(14)5-2-10(11)13-6-3-9(8-12)4-7-13/h9-10,14H,2-7H2,1H3/t10-,11-/m0/s1. The summed E-state index contributed by atoms with van der Waals surface area (Å²) in [5.41, 5.74) is -0.473. The molecule has 1 aliphatic carbocycles. The molecule has 0 aromatic heterocycles. The second-order valence-corrected chi connectivity index (χ2v) is 4.85. The van der Waals surface area contributed by atoms with E-state index in [0.29, 0.717) is 6.04 Å². The molecule has 0 aromatic carbocycles. The molecule has 0 unspecified atom stereocenters. The first kappa shape index (κ1) is 9.95. The van der Waals surface area contributed by atoms with Gasteiger partial charge in [-0.1, -0.05) is 0 Å². The molecular formula is C11H18N2O. The van der Waals surface area contributed by atoms with Gasteiger partial charge in [0.05, 0.1) is 11.7 Å². The molecule has 1 saturated heterocycles. The first-order valence-electron chi connectivity index (χ1n) is 5.49. The Kier molecular flexibility index (Phi) is 2.50. The van der Waals surface area contributed by atoms with Gasteiger partial charge in [-0.15, -0.1) is 0 Å². The Morgan fingerprint density at radius 3 is 2.36 bits per heavy atom. The monoisotopic (exact) mass is 194 g/mol. The normalized spacial score (nSPS) is 40.2. The number of hydrogen-bond acceptors (Lipinski definition) is 3. The van der Waals surface area contributed by atoms with Crippen molar-refractivity contribution < 1.29 is 5.11 Å². The lowest BCUT2D eigenvalue weighted by atomic mass is 9.74. The fourth-order valence-electron chi connectivity index (χ4n) is 2.61. The lowest BCUT2D eigenvalue weighted by Crippen LogP contribution is -2.60. The molecule has 2 rings (SSSR count). The zero-order valence-electron chi connectivity index (χ0n) is 8.74. The van der Waals surface area contributed by atoms with Gasteiger partial charge in [0.25, 0.3) is 0 Å². The summed E-state index contributed by atoms with van der Waals surface area (Å²) in [6.07, 6.45) is 3.99. The van der Waals surface area contributed by atoms with Gasteiger partial charge in [0.2, 0.25) is 0 Å². The van der Waals surface area contributed by atoms with E-state index in [-0.39, 0.29) is 5.92 Å². The third-order valence-corrected chi connectivity index (χ3v) is 3.79. The average molecular weight is 194 g/mol. The Hall–Kier alpha value is -0.590. The lowest BCUT2D eigenvalue weighted by Gasteiger charge is -2.50. The lowest BCUT2D eigenvalue weighted by molar-refractivity contribution is -0.109. The zero-order valence-corrected chi connectivity index (χ0v) is 8.74. The molecule has 3 nitrogen and oxygen atoms in total. The number of likely N-dealkylation sites (tertiary alicyclic amines) is 1. The summed E-state index contributed by atoms with van der Waals surface area (Å²) in [6, 6.07) is 2.68. The number of nitrogens with zero attached hydrogens (tertiary/aromatic N) is 2. The Morgan fingerprint density at radius 1 is 1.36 bits per heavy atom. The summed E-state index contributed by atoms with van der Waals surface area (Å²) in [4.78, 5) is 2.36. The Bertz CT molecular complexity index is 249. The van der Waals surface area contributed by atoms with Crippen molar-refractivity contribution in [3.8, 4) is 6.07 Å². The molecule has 1 saturated carbocycles. The van der Waals surface area contributed by atoms with Gasteiger partial charge in [-0.05, 0) is 45.7 Å². The molecule has 1 aliphatic heterocycles. The van der Waals surface area contributed by atoms with Crippen molar-refractivity contribution in [2.45, 2.75) is 44.2 Å². The van der Waals surface area contributed by atoms with Crippen molar-refractivity contribution in [1.29, 1.82) is 5.26 Å². The van der Waals surface area contributed by atoms with E-state index < -0.39 is 5.60 Å². The van der Waals surface area contributed by atoms with Crippen LogP contribution in [-0.4, -0.2) is 34.7 Å². The van der Waals surface area contributed by atoms with Gasteiger partial charge < -0.3 is 5.11 Å². The molecule has 0 radical (unpaired) electrons. The fourth-order valence-corrected chi connectivity index (χ4v) is 2.61. The molecule has 14 heavy (non-hydrogen) atoms. The Balaban J connectivity index is 1.87. The summed E-state index contributed by atoms with van der Waals surface area (Å²) in [7, 11) is 0. The highest BCUT2D eigenvalue weighted by Gasteiger charge is 2.44. The van der Waals surface area contributed by atoms with Gasteiger partial charge >= 0.3 is 0 Å². The third-order valence-electron chi connectivity index (χ3n) is 3.79. The first-order valence-corrected chi connectivity index (χ1v) is 5.49. The molecule has 3 heteroatoms. The van der Waals surface area contributed by atoms with Crippen LogP contribution in [0.15, 0.2) is 0 Å². The van der Waals surface area contributed by atoms with E-state index in [9.17, 15) is 5.11 Å². The van der Waals surface area contributed by atoms with Crippen molar-refractivity contribution in [3.63, 3.8) is 0 Å². The smallest absolute Gasteiger partial charge is 0.0774 e. The molecule has 2 aliphatic rings. The molecule has 0 spiro atoms. The summed E-state index contributed by atoms with van der Waals surface area (Å²) < 4.78 is 0. The maximum Gasteiger partial charge on any atom is 0.0774 e. The zero-order chi connectivity index (χ0) is 10.2. The molecular weight excluding hydrogens is 176 g/mol. The minimum absolute atomic E-state index is 0.247. The summed E-state index contributed by atoms with van der Waals surface area (Å²) in [5.74, 6) is 0.247. The fraction of sp³-hybridized carbons (Fsp3) is 0.909. The number of nitriles is 1. The SMILES string of the molecule is C[C@]1(O)CC[C@@H]1N1CCC(C#N)CC1. The predicted octanol–water partition coefficient (Wildman–Crippen LogP) is 1.14. The van der Waals surface area contributed by atoms with Crippen LogP contribution in [0.3, 0.4) is 0 Å². The van der Waals surface area contributed by atoms with Crippen molar-refractivity contribution in [2.24, 2.45) is 5.92 Å². The van der Waals surface area contributed by atoms with Crippen LogP contribution < -0.4 is 0 Å². The highest BCUT2D eigenvalue weighted by Crippen LogP contribution is 2.37. The van der Waals surface area contributed by atoms with Crippen molar-refractivity contribution in [2.75, 3.05) is 13.1 Å². The average Bonchev–Trinajstić information content (AvgIpc) is 2.18. The largest absolute Gasteiger partial charge is 0.389 e. The molecule has 1 heterocycles. The highest BCUT2D eigenvalue weighted by atomic mass is 16.3. The van der Waals surface area contributed by atoms with Crippen molar-refractivity contribution in [1.82, 2.24) is 4.90 Å². The van der Waals surface area contributed by atoms with E-state index in [1.165, 1.54) is 0 Å². The van der Waals surface area contributed by atoms with E-state index in [1.807, 2.05) is 6.92 Å². The van der Waals surface area contributed by atoms with E-state index in [1.54, 1.807) is 0 Å². The van der Waals surface area contributed by atoms with Crippen LogP contribution >= 0.6 is 0 Å². The summed E-state index contributed by atoms with van der Waals surface area (Å²) >= 11 is 0. The molecule has 78 valence electrons. The molecule has 2 atom stereocenters. The summed E-state index contributed by atoms with van der Waals surface area (Å²) in [6.45, 7) is 3.90. The maximum absolute atomic E-state index is 9.94. The van der Waals surface area contributed by atoms with Crippen LogP contribution in [0.4, 0.5) is 0 Å². The summed E-state index contributed by atoms with van der Waals surface area (Å²) in [5, 5.41) is 18.7. The molecule has 2 fully saturated rings. The van der Waals surface area contributed by atoms with Gasteiger partial charge in [-0.2, -0.15) is 5.26 Å². The van der Waals surface area contributed by atoms with Crippen LogP contribution in [0.1, 0.15) is 32.6 Å². The van der Waals surface area contributed by atoms with Crippen LogP contribution in [-0.2, 0) is 0 Å². The Labute approximate surface area is 85.3 Å². The van der Waals surface area contributed by atoms with Gasteiger partial charge in [-0.25, -0.2) is 0 Å².